The Kier molecular flexibility index (Phi) is 4.59. The van der Waals surface area contributed by atoms with Gasteiger partial charge in [-0.05, 0) is 37.3 Å². The minimum Gasteiger partial charge on any atom is -0.320 e. The highest BCUT2D eigenvalue weighted by Crippen LogP contribution is 2.31. The van der Waals surface area contributed by atoms with Gasteiger partial charge in [0.2, 0.25) is 5.91 Å². The van der Waals surface area contributed by atoms with Gasteiger partial charge in [-0.25, -0.2) is 0 Å². The SMILES string of the molecule is CCCC[C@H](N)C(=O)N1CCCc2cccc(C)c21. The summed E-state index contributed by atoms with van der Waals surface area (Å²) in [7, 11) is 0. The molecule has 19 heavy (non-hydrogen) atoms. The summed E-state index contributed by atoms with van der Waals surface area (Å²) in [4.78, 5) is 14.4. The van der Waals surface area contributed by atoms with Gasteiger partial charge in [0, 0.05) is 12.2 Å². The van der Waals surface area contributed by atoms with Crippen molar-refractivity contribution in [3.8, 4) is 0 Å². The van der Waals surface area contributed by atoms with Crippen molar-refractivity contribution in [1.29, 1.82) is 0 Å². The summed E-state index contributed by atoms with van der Waals surface area (Å²) in [6, 6.07) is 5.91. The number of fused-ring (bicyclic) bond motifs is 1. The third-order valence-corrected chi connectivity index (χ3v) is 3.87. The fourth-order valence-electron chi connectivity index (χ4n) is 2.82. The third kappa shape index (κ3) is 2.98. The second kappa shape index (κ2) is 6.20. The van der Waals surface area contributed by atoms with E-state index in [1.165, 1.54) is 11.1 Å². The maximum absolute atomic E-state index is 12.5. The van der Waals surface area contributed by atoms with E-state index >= 15 is 0 Å². The lowest BCUT2D eigenvalue weighted by Gasteiger charge is -2.32. The van der Waals surface area contributed by atoms with Gasteiger partial charge in [-0.2, -0.15) is 0 Å². The lowest BCUT2D eigenvalue weighted by Crippen LogP contribution is -2.46. The number of carbonyl (C=O) groups is 1. The molecule has 1 aromatic rings. The van der Waals surface area contributed by atoms with E-state index in [1.807, 2.05) is 4.90 Å². The van der Waals surface area contributed by atoms with Gasteiger partial charge >= 0.3 is 0 Å². The van der Waals surface area contributed by atoms with Crippen LogP contribution in [-0.4, -0.2) is 18.5 Å². The molecular weight excluding hydrogens is 236 g/mol. The first kappa shape index (κ1) is 14.1. The van der Waals surface area contributed by atoms with E-state index < -0.39 is 0 Å². The highest BCUT2D eigenvalue weighted by atomic mass is 16.2. The van der Waals surface area contributed by atoms with Crippen molar-refractivity contribution in [3.63, 3.8) is 0 Å². The maximum atomic E-state index is 12.5. The molecule has 0 aromatic heterocycles. The minimum absolute atomic E-state index is 0.0868. The summed E-state index contributed by atoms with van der Waals surface area (Å²) < 4.78 is 0. The highest BCUT2D eigenvalue weighted by molar-refractivity contribution is 5.98. The summed E-state index contributed by atoms with van der Waals surface area (Å²) in [5.41, 5.74) is 9.61. The van der Waals surface area contributed by atoms with Gasteiger partial charge in [0.1, 0.15) is 0 Å². The van der Waals surface area contributed by atoms with E-state index in [4.69, 9.17) is 5.73 Å². The van der Waals surface area contributed by atoms with Crippen LogP contribution in [0.4, 0.5) is 5.69 Å². The van der Waals surface area contributed by atoms with Crippen molar-refractivity contribution in [2.45, 2.75) is 52.0 Å². The summed E-state index contributed by atoms with van der Waals surface area (Å²) in [6.45, 7) is 5.00. The van der Waals surface area contributed by atoms with Crippen LogP contribution in [0.5, 0.6) is 0 Å². The number of hydrogen-bond donors (Lipinski definition) is 1. The first-order chi connectivity index (χ1) is 9.15. The van der Waals surface area contributed by atoms with Crippen molar-refractivity contribution < 1.29 is 4.79 Å². The predicted octanol–water partition coefficient (Wildman–Crippen LogP) is 2.79. The van der Waals surface area contributed by atoms with Crippen molar-refractivity contribution in [2.24, 2.45) is 5.73 Å². The molecule has 2 rings (SSSR count). The summed E-state index contributed by atoms with van der Waals surface area (Å²) in [5.74, 6) is 0.0868. The average Bonchev–Trinajstić information content (AvgIpc) is 2.43. The van der Waals surface area contributed by atoms with Crippen LogP contribution in [0, 0.1) is 6.92 Å². The lowest BCUT2D eigenvalue weighted by molar-refractivity contribution is -0.120. The zero-order chi connectivity index (χ0) is 13.8. The largest absolute Gasteiger partial charge is 0.320 e. The van der Waals surface area contributed by atoms with E-state index in [-0.39, 0.29) is 11.9 Å². The zero-order valence-corrected chi connectivity index (χ0v) is 12.0. The Labute approximate surface area is 115 Å². The molecule has 1 aliphatic heterocycles. The van der Waals surface area contributed by atoms with Gasteiger partial charge in [0.05, 0.1) is 6.04 Å². The number of hydrogen-bond acceptors (Lipinski definition) is 2. The fourth-order valence-corrected chi connectivity index (χ4v) is 2.82. The molecule has 0 radical (unpaired) electrons. The Morgan fingerprint density at radius 1 is 1.47 bits per heavy atom. The maximum Gasteiger partial charge on any atom is 0.243 e. The molecule has 0 aliphatic carbocycles. The number of carbonyl (C=O) groups excluding carboxylic acids is 1. The summed E-state index contributed by atoms with van der Waals surface area (Å²) in [5, 5.41) is 0. The van der Waals surface area contributed by atoms with Gasteiger partial charge in [-0.3, -0.25) is 4.79 Å². The third-order valence-electron chi connectivity index (χ3n) is 3.87. The van der Waals surface area contributed by atoms with Gasteiger partial charge in [0.15, 0.2) is 0 Å². The van der Waals surface area contributed by atoms with Gasteiger partial charge < -0.3 is 10.6 Å². The standard InChI is InChI=1S/C16H24N2O/c1-3-4-10-14(17)16(19)18-11-6-9-13-8-5-7-12(2)15(13)18/h5,7-8,14H,3-4,6,9-11,17H2,1-2H3/t14-/m0/s1. The van der Waals surface area contributed by atoms with E-state index in [0.29, 0.717) is 0 Å². The zero-order valence-electron chi connectivity index (χ0n) is 12.0. The first-order valence-corrected chi connectivity index (χ1v) is 7.30. The van der Waals surface area contributed by atoms with Crippen molar-refractivity contribution in [3.05, 3.63) is 29.3 Å². The predicted molar refractivity (Wildman–Crippen MR) is 79.4 cm³/mol. The molecule has 0 saturated carbocycles. The Balaban J connectivity index is 2.21. The van der Waals surface area contributed by atoms with Crippen LogP contribution in [0.3, 0.4) is 0 Å². The highest BCUT2D eigenvalue weighted by Gasteiger charge is 2.27. The number of aryl methyl sites for hydroxylation is 2. The number of unbranched alkanes of at least 4 members (excludes halogenated alkanes) is 1. The summed E-state index contributed by atoms with van der Waals surface area (Å²) >= 11 is 0. The molecule has 1 heterocycles. The van der Waals surface area contributed by atoms with E-state index in [1.54, 1.807) is 0 Å². The number of nitrogens with zero attached hydrogens (tertiary/aromatic N) is 1. The molecule has 1 aliphatic rings. The quantitative estimate of drug-likeness (QED) is 0.905. The Morgan fingerprint density at radius 3 is 3.00 bits per heavy atom. The van der Waals surface area contributed by atoms with E-state index in [2.05, 4.69) is 32.0 Å². The molecule has 104 valence electrons. The topological polar surface area (TPSA) is 46.3 Å². The van der Waals surface area contributed by atoms with Crippen LogP contribution >= 0.6 is 0 Å². The fraction of sp³-hybridized carbons (Fsp3) is 0.562. The number of anilines is 1. The Hall–Kier alpha value is -1.35. The second-order valence-corrected chi connectivity index (χ2v) is 5.42. The molecule has 0 bridgehead atoms. The molecule has 0 spiro atoms. The van der Waals surface area contributed by atoms with E-state index in [0.717, 1.165) is 44.3 Å². The lowest BCUT2D eigenvalue weighted by atomic mass is 9.97. The van der Waals surface area contributed by atoms with Crippen LogP contribution < -0.4 is 10.6 Å². The summed E-state index contributed by atoms with van der Waals surface area (Å²) in [6.07, 6.45) is 4.97. The molecule has 2 N–H and O–H groups in total. The normalized spacial score (nSPS) is 16.1. The van der Waals surface area contributed by atoms with Crippen molar-refractivity contribution >= 4 is 11.6 Å². The van der Waals surface area contributed by atoms with Crippen molar-refractivity contribution in [1.82, 2.24) is 0 Å². The van der Waals surface area contributed by atoms with Crippen LogP contribution in [-0.2, 0) is 11.2 Å². The molecule has 3 nitrogen and oxygen atoms in total. The van der Waals surface area contributed by atoms with Gasteiger partial charge in [-0.15, -0.1) is 0 Å². The van der Waals surface area contributed by atoms with Crippen LogP contribution in [0.15, 0.2) is 18.2 Å². The van der Waals surface area contributed by atoms with Gasteiger partial charge in [-0.1, -0.05) is 38.0 Å². The molecule has 3 heteroatoms. The number of benzene rings is 1. The van der Waals surface area contributed by atoms with E-state index in [9.17, 15) is 4.79 Å². The Bertz CT molecular complexity index is 456. The number of nitrogens with two attached hydrogens (primary N) is 1. The molecular formula is C16H24N2O. The van der Waals surface area contributed by atoms with Crippen molar-refractivity contribution in [2.75, 3.05) is 11.4 Å². The average molecular weight is 260 g/mol. The molecule has 0 unspecified atom stereocenters. The molecule has 1 atom stereocenters. The van der Waals surface area contributed by atoms with Crippen LogP contribution in [0.2, 0.25) is 0 Å². The Morgan fingerprint density at radius 2 is 2.26 bits per heavy atom. The first-order valence-electron chi connectivity index (χ1n) is 7.30. The smallest absolute Gasteiger partial charge is 0.243 e. The second-order valence-electron chi connectivity index (χ2n) is 5.42. The van der Waals surface area contributed by atoms with Crippen LogP contribution in [0.1, 0.15) is 43.7 Å². The van der Waals surface area contributed by atoms with Gasteiger partial charge in [0.25, 0.3) is 0 Å². The number of rotatable bonds is 4. The molecule has 1 aromatic carbocycles. The molecule has 0 fully saturated rings. The number of amides is 1. The molecule has 0 saturated heterocycles. The minimum atomic E-state index is -0.356. The number of para-hydroxylation sites is 1. The molecule has 1 amide bonds. The van der Waals surface area contributed by atoms with Crippen LogP contribution in [0.25, 0.3) is 0 Å². The monoisotopic (exact) mass is 260 g/mol.